The van der Waals surface area contributed by atoms with Crippen LogP contribution >= 0.6 is 0 Å². The lowest BCUT2D eigenvalue weighted by molar-refractivity contribution is -0.129. The van der Waals surface area contributed by atoms with E-state index in [9.17, 15) is 13.6 Å². The zero-order chi connectivity index (χ0) is 16.6. The summed E-state index contributed by atoms with van der Waals surface area (Å²) < 4.78 is 28.6. The van der Waals surface area contributed by atoms with Crippen molar-refractivity contribution >= 4 is 17.1 Å². The van der Waals surface area contributed by atoms with Crippen molar-refractivity contribution in [3.8, 4) is 11.3 Å². The zero-order valence-corrected chi connectivity index (χ0v) is 12.5. The molecule has 0 aliphatic carbocycles. The van der Waals surface area contributed by atoms with Crippen molar-refractivity contribution in [1.82, 2.24) is 24.6 Å². The number of carbonyl (C=O) groups excluding carboxylic acids is 1. The monoisotopic (exact) mass is 317 g/mol. The van der Waals surface area contributed by atoms with Crippen molar-refractivity contribution in [1.29, 1.82) is 0 Å². The fourth-order valence-electron chi connectivity index (χ4n) is 2.06. The van der Waals surface area contributed by atoms with E-state index < -0.39 is 11.6 Å². The number of hydrogen-bond acceptors (Lipinski definition) is 4. The molecular formula is C15H13F2N5O. The van der Waals surface area contributed by atoms with Crippen molar-refractivity contribution in [2.24, 2.45) is 0 Å². The van der Waals surface area contributed by atoms with Gasteiger partial charge in [0, 0.05) is 19.7 Å². The van der Waals surface area contributed by atoms with Crippen LogP contribution < -0.4 is 0 Å². The minimum Gasteiger partial charge on any atom is -0.347 e. The molecule has 0 radical (unpaired) electrons. The molecule has 0 saturated carbocycles. The molecule has 1 amide bonds. The molecule has 0 bridgehead atoms. The first-order chi connectivity index (χ1) is 11.0. The Morgan fingerprint density at radius 2 is 2.04 bits per heavy atom. The van der Waals surface area contributed by atoms with E-state index in [1.807, 2.05) is 0 Å². The Hall–Kier alpha value is -2.90. The van der Waals surface area contributed by atoms with Crippen LogP contribution in [0.4, 0.5) is 8.78 Å². The molecule has 0 atom stereocenters. The molecule has 0 aliphatic heterocycles. The summed E-state index contributed by atoms with van der Waals surface area (Å²) in [6.45, 7) is -0.0136. The molecular weight excluding hydrogens is 304 g/mol. The van der Waals surface area contributed by atoms with Gasteiger partial charge in [-0.3, -0.25) is 4.79 Å². The topological polar surface area (TPSA) is 63.9 Å². The Labute approximate surface area is 130 Å². The van der Waals surface area contributed by atoms with Gasteiger partial charge in [-0.15, -0.1) is 0 Å². The molecule has 8 heteroatoms. The van der Waals surface area contributed by atoms with Crippen molar-refractivity contribution in [2.75, 3.05) is 14.1 Å². The number of halogens is 2. The Kier molecular flexibility index (Phi) is 3.73. The highest BCUT2D eigenvalue weighted by molar-refractivity contribution is 5.79. The van der Waals surface area contributed by atoms with Crippen molar-refractivity contribution in [3.05, 3.63) is 42.2 Å². The number of aromatic nitrogens is 4. The molecule has 118 valence electrons. The highest BCUT2D eigenvalue weighted by Gasteiger charge is 2.14. The van der Waals surface area contributed by atoms with Gasteiger partial charge >= 0.3 is 0 Å². The number of nitrogens with zero attached hydrogens (tertiary/aromatic N) is 5. The molecule has 0 fully saturated rings. The molecule has 0 aliphatic rings. The fourth-order valence-corrected chi connectivity index (χ4v) is 2.06. The predicted octanol–water partition coefficient (Wildman–Crippen LogP) is 1.86. The summed E-state index contributed by atoms with van der Waals surface area (Å²) in [5, 5.41) is 4.07. The van der Waals surface area contributed by atoms with Crippen molar-refractivity contribution < 1.29 is 13.6 Å². The number of benzene rings is 1. The third-order valence-electron chi connectivity index (χ3n) is 3.33. The van der Waals surface area contributed by atoms with Gasteiger partial charge in [-0.05, 0) is 18.2 Å². The van der Waals surface area contributed by atoms with Gasteiger partial charge in [0.15, 0.2) is 5.65 Å². The number of hydrogen-bond donors (Lipinski definition) is 0. The average molecular weight is 317 g/mol. The van der Waals surface area contributed by atoms with Crippen LogP contribution in [0.5, 0.6) is 0 Å². The fraction of sp³-hybridized carbons (Fsp3) is 0.200. The van der Waals surface area contributed by atoms with E-state index in [0.717, 1.165) is 18.2 Å². The predicted molar refractivity (Wildman–Crippen MR) is 79.4 cm³/mol. The lowest BCUT2D eigenvalue weighted by Crippen LogP contribution is -2.26. The van der Waals surface area contributed by atoms with Crippen LogP contribution in [-0.4, -0.2) is 44.7 Å². The Balaban J connectivity index is 2.07. The maximum absolute atomic E-state index is 13.9. The summed E-state index contributed by atoms with van der Waals surface area (Å²) in [5.41, 5.74) is 0.984. The van der Waals surface area contributed by atoms with Gasteiger partial charge in [-0.1, -0.05) is 0 Å². The van der Waals surface area contributed by atoms with E-state index in [1.54, 1.807) is 14.1 Å². The van der Waals surface area contributed by atoms with E-state index in [2.05, 4.69) is 15.1 Å². The quantitative estimate of drug-likeness (QED) is 0.740. The molecule has 0 N–H and O–H groups in total. The van der Waals surface area contributed by atoms with Crippen LogP contribution in [0, 0.1) is 11.6 Å². The van der Waals surface area contributed by atoms with Crippen LogP contribution in [-0.2, 0) is 11.3 Å². The average Bonchev–Trinajstić information content (AvgIpc) is 2.92. The van der Waals surface area contributed by atoms with E-state index >= 15 is 0 Å². The van der Waals surface area contributed by atoms with Gasteiger partial charge in [-0.25, -0.2) is 23.4 Å². The summed E-state index contributed by atoms with van der Waals surface area (Å²) in [5.74, 6) is -1.34. The molecule has 23 heavy (non-hydrogen) atoms. The largest absolute Gasteiger partial charge is 0.347 e. The maximum Gasteiger partial charge on any atom is 0.243 e. The summed E-state index contributed by atoms with van der Waals surface area (Å²) in [4.78, 5) is 21.7. The first-order valence-electron chi connectivity index (χ1n) is 6.80. The van der Waals surface area contributed by atoms with Gasteiger partial charge in [0.1, 0.15) is 23.7 Å². The van der Waals surface area contributed by atoms with Crippen LogP contribution in [0.1, 0.15) is 0 Å². The third-order valence-corrected chi connectivity index (χ3v) is 3.33. The van der Waals surface area contributed by atoms with Crippen LogP contribution in [0.15, 0.2) is 30.6 Å². The number of amides is 1. The Morgan fingerprint density at radius 3 is 2.78 bits per heavy atom. The second kappa shape index (κ2) is 5.71. The zero-order valence-electron chi connectivity index (χ0n) is 12.5. The van der Waals surface area contributed by atoms with Crippen LogP contribution in [0.3, 0.4) is 0 Å². The van der Waals surface area contributed by atoms with E-state index in [0.29, 0.717) is 11.2 Å². The van der Waals surface area contributed by atoms with Crippen molar-refractivity contribution in [2.45, 2.75) is 6.54 Å². The highest BCUT2D eigenvalue weighted by Crippen LogP contribution is 2.23. The van der Waals surface area contributed by atoms with Gasteiger partial charge in [0.2, 0.25) is 5.91 Å². The first-order valence-corrected chi connectivity index (χ1v) is 6.80. The van der Waals surface area contributed by atoms with Crippen LogP contribution in [0.2, 0.25) is 0 Å². The summed E-state index contributed by atoms with van der Waals surface area (Å²) in [6, 6.07) is 3.12. The first kappa shape index (κ1) is 15.0. The van der Waals surface area contributed by atoms with E-state index in [4.69, 9.17) is 0 Å². The lowest BCUT2D eigenvalue weighted by atomic mass is 10.1. The Bertz CT molecular complexity index is 891. The number of fused-ring (bicyclic) bond motifs is 1. The number of rotatable bonds is 3. The van der Waals surface area contributed by atoms with Gasteiger partial charge in [0.05, 0.1) is 18.1 Å². The SMILES string of the molecule is CN(C)C(=O)Cn1ncc2ncc(-c3cc(F)ccc3F)nc21. The number of carbonyl (C=O) groups is 1. The van der Waals surface area contributed by atoms with Gasteiger partial charge < -0.3 is 4.90 Å². The Morgan fingerprint density at radius 1 is 1.26 bits per heavy atom. The molecule has 2 heterocycles. The standard InChI is InChI=1S/C15H13F2N5O/c1-21(2)14(23)8-22-15-13(7-19-22)18-6-12(20-15)10-5-9(16)3-4-11(10)17/h3-7H,8H2,1-2H3. The summed E-state index contributed by atoms with van der Waals surface area (Å²) in [7, 11) is 3.26. The minimum absolute atomic E-state index is 0.00564. The van der Waals surface area contributed by atoms with Gasteiger partial charge in [0.25, 0.3) is 0 Å². The molecule has 0 spiro atoms. The maximum atomic E-state index is 13.9. The molecule has 6 nitrogen and oxygen atoms in total. The molecule has 3 aromatic rings. The summed E-state index contributed by atoms with van der Waals surface area (Å²) >= 11 is 0. The number of likely N-dealkylation sites (N-methyl/N-ethyl adjacent to an activating group) is 1. The highest BCUT2D eigenvalue weighted by atomic mass is 19.1. The molecule has 0 unspecified atom stereocenters. The van der Waals surface area contributed by atoms with Crippen molar-refractivity contribution in [3.63, 3.8) is 0 Å². The third kappa shape index (κ3) is 2.87. The molecule has 3 rings (SSSR count). The smallest absolute Gasteiger partial charge is 0.243 e. The molecule has 0 saturated heterocycles. The molecule has 1 aromatic carbocycles. The van der Waals surface area contributed by atoms with E-state index in [1.165, 1.54) is 22.0 Å². The second-order valence-electron chi connectivity index (χ2n) is 5.18. The minimum atomic E-state index is -0.601. The molecule has 2 aromatic heterocycles. The second-order valence-corrected chi connectivity index (χ2v) is 5.18. The van der Waals surface area contributed by atoms with E-state index in [-0.39, 0.29) is 23.7 Å². The van der Waals surface area contributed by atoms with Crippen LogP contribution in [0.25, 0.3) is 22.4 Å². The normalized spacial score (nSPS) is 11.0. The van der Waals surface area contributed by atoms with Gasteiger partial charge in [-0.2, -0.15) is 5.10 Å². The lowest BCUT2D eigenvalue weighted by Gasteiger charge is -2.10. The summed E-state index contributed by atoms with van der Waals surface area (Å²) in [6.07, 6.45) is 2.82.